The SMILES string of the molecule is Cc1noc(C)c1COc1ccccc1C(=O)NNC(=O)C1COc2ccccc2O1. The standard InChI is InChI=1S/C22H21N3O6/c1-13-16(14(2)31-25-13)11-28-17-8-4-3-7-15(17)21(26)23-24-22(27)20-12-29-18-9-5-6-10-19(18)30-20/h3-10,20H,11-12H2,1-2H3,(H,23,26)(H,24,27). The monoisotopic (exact) mass is 423 g/mol. The van der Waals surface area contributed by atoms with E-state index < -0.39 is 17.9 Å². The van der Waals surface area contributed by atoms with Crippen LogP contribution in [0.5, 0.6) is 17.2 Å². The van der Waals surface area contributed by atoms with Gasteiger partial charge >= 0.3 is 0 Å². The Labute approximate surface area is 178 Å². The lowest BCUT2D eigenvalue weighted by atomic mass is 10.2. The molecule has 0 saturated carbocycles. The fourth-order valence-corrected chi connectivity index (χ4v) is 3.05. The molecule has 2 heterocycles. The molecule has 1 atom stereocenters. The molecule has 1 aliphatic heterocycles. The second-order valence-corrected chi connectivity index (χ2v) is 6.90. The minimum absolute atomic E-state index is 0.0376. The Morgan fingerprint density at radius 1 is 1.06 bits per heavy atom. The lowest BCUT2D eigenvalue weighted by Crippen LogP contribution is -2.50. The van der Waals surface area contributed by atoms with Gasteiger partial charge in [0.05, 0.1) is 16.8 Å². The number of ether oxygens (including phenoxy) is 3. The molecule has 9 nitrogen and oxygen atoms in total. The zero-order valence-corrected chi connectivity index (χ0v) is 17.0. The number of hydrogen-bond acceptors (Lipinski definition) is 7. The van der Waals surface area contributed by atoms with E-state index in [-0.39, 0.29) is 18.8 Å². The summed E-state index contributed by atoms with van der Waals surface area (Å²) in [5, 5.41) is 3.89. The predicted octanol–water partition coefficient (Wildman–Crippen LogP) is 2.47. The quantitative estimate of drug-likeness (QED) is 0.606. The van der Waals surface area contributed by atoms with E-state index in [9.17, 15) is 9.59 Å². The number of nitrogens with one attached hydrogen (secondary N) is 2. The molecule has 0 radical (unpaired) electrons. The lowest BCUT2D eigenvalue weighted by Gasteiger charge is -2.25. The first-order valence-corrected chi connectivity index (χ1v) is 9.65. The molecule has 1 aromatic heterocycles. The molecule has 0 bridgehead atoms. The number of benzene rings is 2. The van der Waals surface area contributed by atoms with Crippen LogP contribution >= 0.6 is 0 Å². The number of carbonyl (C=O) groups is 2. The van der Waals surface area contributed by atoms with E-state index in [0.29, 0.717) is 23.0 Å². The number of amides is 2. The van der Waals surface area contributed by atoms with Crippen LogP contribution in [0.1, 0.15) is 27.4 Å². The summed E-state index contributed by atoms with van der Waals surface area (Å²) in [5.74, 6) is 0.999. The van der Waals surface area contributed by atoms with Crippen molar-refractivity contribution in [1.29, 1.82) is 0 Å². The predicted molar refractivity (Wildman–Crippen MR) is 109 cm³/mol. The average molecular weight is 423 g/mol. The number of fused-ring (bicyclic) bond motifs is 1. The van der Waals surface area contributed by atoms with Gasteiger partial charge in [0.25, 0.3) is 11.8 Å². The van der Waals surface area contributed by atoms with Crippen molar-refractivity contribution >= 4 is 11.8 Å². The molecule has 1 aliphatic rings. The number of nitrogens with zero attached hydrogens (tertiary/aromatic N) is 1. The lowest BCUT2D eigenvalue weighted by molar-refractivity contribution is -0.131. The van der Waals surface area contributed by atoms with Gasteiger partial charge in [-0.15, -0.1) is 0 Å². The van der Waals surface area contributed by atoms with Crippen LogP contribution in [0.15, 0.2) is 53.1 Å². The molecular weight excluding hydrogens is 402 g/mol. The van der Waals surface area contributed by atoms with Gasteiger partial charge in [0.1, 0.15) is 24.7 Å². The summed E-state index contributed by atoms with van der Waals surface area (Å²) in [4.78, 5) is 25.0. The largest absolute Gasteiger partial charge is 0.488 e. The Morgan fingerprint density at radius 2 is 1.81 bits per heavy atom. The molecule has 3 aromatic rings. The van der Waals surface area contributed by atoms with Crippen LogP contribution in [-0.2, 0) is 11.4 Å². The number of para-hydroxylation sites is 3. The third-order valence-corrected chi connectivity index (χ3v) is 4.79. The third kappa shape index (κ3) is 4.45. The van der Waals surface area contributed by atoms with E-state index in [1.165, 1.54) is 0 Å². The first-order chi connectivity index (χ1) is 15.0. The average Bonchev–Trinajstić information content (AvgIpc) is 3.12. The number of carbonyl (C=O) groups excluding carboxylic acids is 2. The van der Waals surface area contributed by atoms with E-state index in [2.05, 4.69) is 16.0 Å². The summed E-state index contributed by atoms with van der Waals surface area (Å²) in [6.45, 7) is 3.85. The van der Waals surface area contributed by atoms with Gasteiger partial charge in [0, 0.05) is 0 Å². The minimum Gasteiger partial charge on any atom is -0.488 e. The molecule has 4 rings (SSSR count). The maximum Gasteiger partial charge on any atom is 0.283 e. The van der Waals surface area contributed by atoms with Crippen LogP contribution in [0.4, 0.5) is 0 Å². The molecule has 1 unspecified atom stereocenters. The van der Waals surface area contributed by atoms with Gasteiger partial charge in [0.15, 0.2) is 11.5 Å². The first-order valence-electron chi connectivity index (χ1n) is 9.65. The van der Waals surface area contributed by atoms with Crippen molar-refractivity contribution in [3.05, 3.63) is 71.1 Å². The smallest absolute Gasteiger partial charge is 0.283 e. The summed E-state index contributed by atoms with van der Waals surface area (Å²) in [6.07, 6.45) is -0.888. The topological polar surface area (TPSA) is 112 Å². The maximum absolute atomic E-state index is 12.6. The van der Waals surface area contributed by atoms with Crippen LogP contribution in [-0.4, -0.2) is 29.7 Å². The Morgan fingerprint density at radius 3 is 2.58 bits per heavy atom. The first kappa shape index (κ1) is 20.3. The number of hydrazine groups is 1. The van der Waals surface area contributed by atoms with Crippen LogP contribution in [0.3, 0.4) is 0 Å². The Balaban J connectivity index is 1.36. The van der Waals surface area contributed by atoms with E-state index in [1.54, 1.807) is 49.4 Å². The highest BCUT2D eigenvalue weighted by Gasteiger charge is 2.27. The van der Waals surface area contributed by atoms with Crippen molar-refractivity contribution in [1.82, 2.24) is 16.0 Å². The summed E-state index contributed by atoms with van der Waals surface area (Å²) < 4.78 is 22.1. The van der Waals surface area contributed by atoms with E-state index >= 15 is 0 Å². The highest BCUT2D eigenvalue weighted by atomic mass is 16.6. The van der Waals surface area contributed by atoms with Crippen LogP contribution < -0.4 is 25.1 Å². The zero-order valence-electron chi connectivity index (χ0n) is 17.0. The molecule has 160 valence electrons. The summed E-state index contributed by atoms with van der Waals surface area (Å²) in [5.41, 5.74) is 6.57. The molecular formula is C22H21N3O6. The van der Waals surface area contributed by atoms with Gasteiger partial charge in [-0.2, -0.15) is 0 Å². The normalized spacial score (nSPS) is 14.6. The van der Waals surface area contributed by atoms with Crippen molar-refractivity contribution in [2.75, 3.05) is 6.61 Å². The molecule has 2 aromatic carbocycles. The van der Waals surface area contributed by atoms with Gasteiger partial charge < -0.3 is 18.7 Å². The molecule has 0 aliphatic carbocycles. The summed E-state index contributed by atoms with van der Waals surface area (Å²) in [7, 11) is 0. The van der Waals surface area contributed by atoms with Gasteiger partial charge in [0.2, 0.25) is 6.10 Å². The molecule has 2 amide bonds. The van der Waals surface area contributed by atoms with Crippen LogP contribution in [0.25, 0.3) is 0 Å². The van der Waals surface area contributed by atoms with Gasteiger partial charge in [-0.3, -0.25) is 20.4 Å². The van der Waals surface area contributed by atoms with Gasteiger partial charge in [-0.1, -0.05) is 29.4 Å². The second-order valence-electron chi connectivity index (χ2n) is 6.90. The third-order valence-electron chi connectivity index (χ3n) is 4.79. The zero-order chi connectivity index (χ0) is 21.8. The van der Waals surface area contributed by atoms with Gasteiger partial charge in [-0.25, -0.2) is 0 Å². The molecule has 31 heavy (non-hydrogen) atoms. The van der Waals surface area contributed by atoms with E-state index in [1.807, 2.05) is 13.0 Å². The highest BCUT2D eigenvalue weighted by molar-refractivity contribution is 5.98. The Kier molecular flexibility index (Phi) is 5.74. The number of rotatable bonds is 5. The summed E-state index contributed by atoms with van der Waals surface area (Å²) in [6, 6.07) is 13.8. The fourth-order valence-electron chi connectivity index (χ4n) is 3.05. The Hall–Kier alpha value is -4.01. The van der Waals surface area contributed by atoms with Crippen molar-refractivity contribution in [3.63, 3.8) is 0 Å². The second kappa shape index (κ2) is 8.78. The van der Waals surface area contributed by atoms with Crippen molar-refractivity contribution in [2.24, 2.45) is 0 Å². The maximum atomic E-state index is 12.6. The number of aromatic nitrogens is 1. The molecule has 9 heteroatoms. The molecule has 0 saturated heterocycles. The fraction of sp³-hybridized carbons (Fsp3) is 0.227. The van der Waals surface area contributed by atoms with E-state index in [4.69, 9.17) is 18.7 Å². The summed E-state index contributed by atoms with van der Waals surface area (Å²) >= 11 is 0. The molecule has 2 N–H and O–H groups in total. The van der Waals surface area contributed by atoms with Crippen molar-refractivity contribution < 1.29 is 28.3 Å². The number of aryl methyl sites for hydroxylation is 2. The highest BCUT2D eigenvalue weighted by Crippen LogP contribution is 2.30. The van der Waals surface area contributed by atoms with Crippen molar-refractivity contribution in [2.45, 2.75) is 26.6 Å². The molecule has 0 spiro atoms. The minimum atomic E-state index is -0.888. The van der Waals surface area contributed by atoms with Crippen LogP contribution in [0.2, 0.25) is 0 Å². The van der Waals surface area contributed by atoms with E-state index in [0.717, 1.165) is 11.3 Å². The van der Waals surface area contributed by atoms with Crippen molar-refractivity contribution in [3.8, 4) is 17.2 Å². The Bertz CT molecular complexity index is 1090. The number of hydrogen-bond donors (Lipinski definition) is 2. The molecule has 0 fully saturated rings. The van der Waals surface area contributed by atoms with Crippen LogP contribution in [0, 0.1) is 13.8 Å². The van der Waals surface area contributed by atoms with Gasteiger partial charge in [-0.05, 0) is 38.1 Å².